The third-order valence-electron chi connectivity index (χ3n) is 6.75. The Morgan fingerprint density at radius 1 is 1.11 bits per heavy atom. The lowest BCUT2D eigenvalue weighted by Crippen LogP contribution is -2.07. The molecule has 6 rings (SSSR count). The molecule has 1 aliphatic rings. The molecule has 2 aromatic heterocycles. The van der Waals surface area contributed by atoms with Crippen molar-refractivity contribution in [3.8, 4) is 5.75 Å². The Kier molecular flexibility index (Phi) is 5.71. The fraction of sp³-hybridized carbons (Fsp3) is 0.207. The highest BCUT2D eigenvalue weighted by atomic mass is 19.1. The van der Waals surface area contributed by atoms with Crippen LogP contribution in [0.15, 0.2) is 70.0 Å². The van der Waals surface area contributed by atoms with Gasteiger partial charge in [0.2, 0.25) is 0 Å². The smallest absolute Gasteiger partial charge is 0.439 e. The zero-order valence-corrected chi connectivity index (χ0v) is 20.5. The largest absolute Gasteiger partial charge is 0.488 e. The third-order valence-corrected chi connectivity index (χ3v) is 6.75. The van der Waals surface area contributed by atoms with E-state index >= 15 is 0 Å². The van der Waals surface area contributed by atoms with E-state index in [0.717, 1.165) is 57.5 Å². The number of hydrogen-bond donors (Lipinski definition) is 1. The van der Waals surface area contributed by atoms with E-state index in [1.807, 2.05) is 25.1 Å². The van der Waals surface area contributed by atoms with Crippen molar-refractivity contribution in [1.82, 2.24) is 19.7 Å². The number of para-hydroxylation sites is 2. The van der Waals surface area contributed by atoms with Gasteiger partial charge in [0.1, 0.15) is 24.0 Å². The molecule has 0 saturated heterocycles. The van der Waals surface area contributed by atoms with E-state index in [0.29, 0.717) is 23.7 Å². The number of fused-ring (bicyclic) bond motifs is 3. The first-order valence-corrected chi connectivity index (χ1v) is 12.3. The minimum atomic E-state index is -0.634. The number of nitrogens with zero attached hydrogens (tertiary/aromatic N) is 3. The number of aryl methyl sites for hydroxylation is 1. The van der Waals surface area contributed by atoms with Crippen LogP contribution in [0.3, 0.4) is 0 Å². The van der Waals surface area contributed by atoms with Gasteiger partial charge in [-0.15, -0.1) is 0 Å². The predicted molar refractivity (Wildman–Crippen MR) is 139 cm³/mol. The number of hydrogen-bond acceptors (Lipinski definition) is 5. The van der Waals surface area contributed by atoms with Crippen molar-refractivity contribution in [3.05, 3.63) is 111 Å². The third kappa shape index (κ3) is 4.14. The summed E-state index contributed by atoms with van der Waals surface area (Å²) in [6.07, 6.45) is 1.90. The van der Waals surface area contributed by atoms with Crippen molar-refractivity contribution in [2.24, 2.45) is 0 Å². The summed E-state index contributed by atoms with van der Waals surface area (Å²) >= 11 is 0. The van der Waals surface area contributed by atoms with Crippen LogP contribution in [-0.4, -0.2) is 19.7 Å². The molecule has 0 unspecified atom stereocenters. The van der Waals surface area contributed by atoms with E-state index in [4.69, 9.17) is 14.2 Å². The van der Waals surface area contributed by atoms with Crippen molar-refractivity contribution in [3.63, 3.8) is 0 Å². The summed E-state index contributed by atoms with van der Waals surface area (Å²) < 4.78 is 27.2. The van der Waals surface area contributed by atoms with Crippen LogP contribution in [-0.2, 0) is 19.6 Å². The molecule has 0 aliphatic carbocycles. The van der Waals surface area contributed by atoms with Crippen LogP contribution in [0.25, 0.3) is 22.2 Å². The Balaban J connectivity index is 1.48. The Labute approximate surface area is 212 Å². The summed E-state index contributed by atoms with van der Waals surface area (Å²) in [6.45, 7) is 4.95. The molecule has 0 saturated carbocycles. The van der Waals surface area contributed by atoms with Crippen molar-refractivity contribution in [1.29, 1.82) is 0 Å². The Morgan fingerprint density at radius 3 is 2.76 bits per heavy atom. The van der Waals surface area contributed by atoms with Crippen LogP contribution >= 0.6 is 0 Å². The second-order valence-electron chi connectivity index (χ2n) is 9.22. The molecule has 0 fully saturated rings. The standard InChI is InChI=1S/C29H25FN4O3/c1-3-6-26-31-23-7-4-5-8-24(23)34(26)15-18-9-11-21-19(13-18)16-36-25-14-20(30)10-12-22(25)27(21)17(2)28-32-29(35)37-33-28/h4-5,7-14H,3,6,15-16H2,1-2H3,(H,32,33,35). The molecule has 1 aliphatic heterocycles. The van der Waals surface area contributed by atoms with Crippen LogP contribution in [0.1, 0.15) is 54.2 Å². The number of benzene rings is 3. The van der Waals surface area contributed by atoms with Gasteiger partial charge in [-0.2, -0.15) is 0 Å². The topological polar surface area (TPSA) is 85.9 Å². The molecule has 3 aromatic carbocycles. The van der Waals surface area contributed by atoms with E-state index < -0.39 is 5.76 Å². The lowest BCUT2D eigenvalue weighted by Gasteiger charge is -2.15. The molecule has 0 radical (unpaired) electrons. The zero-order chi connectivity index (χ0) is 25.5. The lowest BCUT2D eigenvalue weighted by atomic mass is 9.89. The van der Waals surface area contributed by atoms with E-state index in [1.54, 1.807) is 6.07 Å². The van der Waals surface area contributed by atoms with Crippen molar-refractivity contribution in [2.45, 2.75) is 39.8 Å². The fourth-order valence-corrected chi connectivity index (χ4v) is 5.04. The van der Waals surface area contributed by atoms with Crippen LogP contribution in [0, 0.1) is 5.82 Å². The quantitative estimate of drug-likeness (QED) is 0.336. The first kappa shape index (κ1) is 23.0. The number of aromatic nitrogens is 4. The number of halogens is 1. The fourth-order valence-electron chi connectivity index (χ4n) is 5.04. The summed E-state index contributed by atoms with van der Waals surface area (Å²) in [5, 5.41) is 3.88. The van der Waals surface area contributed by atoms with Crippen LogP contribution in [0.2, 0.25) is 0 Å². The minimum Gasteiger partial charge on any atom is -0.488 e. The molecule has 1 N–H and O–H groups in total. The SMILES string of the molecule is CCCc1nc2ccccc2n1Cc1ccc2c(c1)COc1cc(F)ccc1C2=C(C)c1noc(=O)[nH]1. The van der Waals surface area contributed by atoms with Crippen molar-refractivity contribution < 1.29 is 13.7 Å². The number of H-pyrrole nitrogens is 1. The minimum absolute atomic E-state index is 0.276. The lowest BCUT2D eigenvalue weighted by molar-refractivity contribution is 0.305. The van der Waals surface area contributed by atoms with Gasteiger partial charge < -0.3 is 9.30 Å². The van der Waals surface area contributed by atoms with Crippen LogP contribution in [0.5, 0.6) is 5.75 Å². The van der Waals surface area contributed by atoms with Gasteiger partial charge in [0, 0.05) is 30.2 Å². The molecule has 0 bridgehead atoms. The van der Waals surface area contributed by atoms with Gasteiger partial charge in [-0.25, -0.2) is 14.2 Å². The second kappa shape index (κ2) is 9.20. The van der Waals surface area contributed by atoms with Gasteiger partial charge in [0.05, 0.1) is 11.0 Å². The van der Waals surface area contributed by atoms with Crippen LogP contribution < -0.4 is 10.5 Å². The molecule has 7 nitrogen and oxygen atoms in total. The number of allylic oxidation sites excluding steroid dienone is 1. The normalized spacial score (nSPS) is 14.1. The zero-order valence-electron chi connectivity index (χ0n) is 20.5. The van der Waals surface area contributed by atoms with Gasteiger partial charge in [0.25, 0.3) is 0 Å². The van der Waals surface area contributed by atoms with E-state index in [-0.39, 0.29) is 12.4 Å². The van der Waals surface area contributed by atoms with Gasteiger partial charge in [0.15, 0.2) is 5.82 Å². The average molecular weight is 497 g/mol. The molecule has 5 aromatic rings. The van der Waals surface area contributed by atoms with Crippen molar-refractivity contribution >= 4 is 22.2 Å². The first-order chi connectivity index (χ1) is 18.0. The number of nitrogens with one attached hydrogen (secondary N) is 1. The van der Waals surface area contributed by atoms with Crippen LogP contribution in [0.4, 0.5) is 4.39 Å². The first-order valence-electron chi connectivity index (χ1n) is 12.3. The highest BCUT2D eigenvalue weighted by molar-refractivity contribution is 5.99. The Bertz CT molecular complexity index is 1730. The maximum absolute atomic E-state index is 14.1. The van der Waals surface area contributed by atoms with Gasteiger partial charge in [-0.1, -0.05) is 36.3 Å². The predicted octanol–water partition coefficient (Wildman–Crippen LogP) is 5.72. The molecule has 8 heteroatoms. The number of imidazole rings is 1. The van der Waals surface area contributed by atoms with E-state index in [9.17, 15) is 9.18 Å². The van der Waals surface area contributed by atoms with Gasteiger partial charge in [-0.05, 0) is 65.9 Å². The van der Waals surface area contributed by atoms with Gasteiger partial charge >= 0.3 is 5.76 Å². The summed E-state index contributed by atoms with van der Waals surface area (Å²) in [7, 11) is 0. The summed E-state index contributed by atoms with van der Waals surface area (Å²) in [6, 6.07) is 18.9. The van der Waals surface area contributed by atoms with E-state index in [2.05, 4.69) is 45.9 Å². The summed E-state index contributed by atoms with van der Waals surface area (Å²) in [4.78, 5) is 19.1. The second-order valence-corrected chi connectivity index (χ2v) is 9.22. The van der Waals surface area contributed by atoms with Crippen molar-refractivity contribution in [2.75, 3.05) is 0 Å². The Hall–Kier alpha value is -4.46. The number of aromatic amines is 1. The average Bonchev–Trinajstić information content (AvgIpc) is 3.44. The molecule has 3 heterocycles. The molecule has 0 amide bonds. The maximum Gasteiger partial charge on any atom is 0.439 e. The maximum atomic E-state index is 14.1. The molecular formula is C29H25FN4O3. The summed E-state index contributed by atoms with van der Waals surface area (Å²) in [5.41, 5.74) is 7.31. The van der Waals surface area contributed by atoms with E-state index in [1.165, 1.54) is 12.1 Å². The number of ether oxygens (including phenoxy) is 1. The summed E-state index contributed by atoms with van der Waals surface area (Å²) in [5.74, 6) is 0.798. The highest BCUT2D eigenvalue weighted by Crippen LogP contribution is 2.41. The number of rotatable bonds is 5. The molecule has 186 valence electrons. The highest BCUT2D eigenvalue weighted by Gasteiger charge is 2.24. The molecule has 0 spiro atoms. The monoisotopic (exact) mass is 496 g/mol. The molecule has 37 heavy (non-hydrogen) atoms. The molecule has 0 atom stereocenters. The molecular weight excluding hydrogens is 471 g/mol. The Morgan fingerprint density at radius 2 is 1.95 bits per heavy atom. The van der Waals surface area contributed by atoms with Gasteiger partial charge in [-0.3, -0.25) is 9.51 Å².